The molecule has 2 aromatic carbocycles. The lowest BCUT2D eigenvalue weighted by molar-refractivity contribution is -0.140. The maximum absolute atomic E-state index is 13.6. The minimum atomic E-state index is -4.42. The van der Waals surface area contributed by atoms with E-state index in [2.05, 4.69) is 27.4 Å². The van der Waals surface area contributed by atoms with Crippen molar-refractivity contribution < 1.29 is 31.4 Å². The third kappa shape index (κ3) is 7.39. The first-order chi connectivity index (χ1) is 20.2. The highest BCUT2D eigenvalue weighted by molar-refractivity contribution is 7.79. The fraction of sp³-hybridized carbons (Fsp3) is 0.467. The average molecular weight is 604 g/mol. The molecule has 3 heterocycles. The number of nitrogens with one attached hydrogen (secondary N) is 2. The molecule has 226 valence electrons. The summed E-state index contributed by atoms with van der Waals surface area (Å²) >= 11 is -2.40. The van der Waals surface area contributed by atoms with Crippen molar-refractivity contribution in [3.05, 3.63) is 48.2 Å². The lowest BCUT2D eigenvalue weighted by atomic mass is 9.99. The van der Waals surface area contributed by atoms with E-state index in [0.717, 1.165) is 57.7 Å². The second-order valence-electron chi connectivity index (χ2n) is 10.5. The molecule has 0 aliphatic carbocycles. The quantitative estimate of drug-likeness (QED) is 0.278. The number of alkyl halides is 3. The Morgan fingerprint density at radius 3 is 2.55 bits per heavy atom. The summed E-state index contributed by atoms with van der Waals surface area (Å²) in [6.07, 6.45) is -0.369. The molecule has 5 rings (SSSR count). The van der Waals surface area contributed by atoms with Crippen LogP contribution in [0.2, 0.25) is 0 Å². The van der Waals surface area contributed by atoms with Gasteiger partial charge in [-0.15, -0.1) is 0 Å². The summed E-state index contributed by atoms with van der Waals surface area (Å²) in [5.74, 6) is 6.12. The SMILES string of the molecule is COc1cc(S(=O)[O-])ccc1NCC#Cc1cc2c(NC3CCN(C4CCOCC4)CC3)cccc2n1CC(F)(F)F. The van der Waals surface area contributed by atoms with Crippen LogP contribution in [0.15, 0.2) is 47.4 Å². The highest BCUT2D eigenvalue weighted by Gasteiger charge is 2.30. The van der Waals surface area contributed by atoms with Crippen molar-refractivity contribution in [1.29, 1.82) is 0 Å². The zero-order valence-corrected chi connectivity index (χ0v) is 24.2. The smallest absolute Gasteiger partial charge is 0.406 e. The monoisotopic (exact) mass is 603 g/mol. The van der Waals surface area contributed by atoms with Crippen LogP contribution >= 0.6 is 0 Å². The Labute approximate surface area is 245 Å². The molecular formula is C30H34F3N4O4S-. The van der Waals surface area contributed by atoms with E-state index in [1.807, 2.05) is 6.07 Å². The molecule has 8 nitrogen and oxygen atoms in total. The predicted molar refractivity (Wildman–Crippen MR) is 156 cm³/mol. The average Bonchev–Trinajstić information content (AvgIpc) is 3.32. The van der Waals surface area contributed by atoms with E-state index in [1.165, 1.54) is 23.8 Å². The van der Waals surface area contributed by atoms with Crippen LogP contribution in [0.3, 0.4) is 0 Å². The predicted octanol–water partition coefficient (Wildman–Crippen LogP) is 4.97. The van der Waals surface area contributed by atoms with Crippen molar-refractivity contribution in [2.45, 2.75) is 55.4 Å². The summed E-state index contributed by atoms with van der Waals surface area (Å²) in [7, 11) is 1.42. The van der Waals surface area contributed by atoms with E-state index in [1.54, 1.807) is 24.3 Å². The number of hydrogen-bond donors (Lipinski definition) is 2. The van der Waals surface area contributed by atoms with Crippen LogP contribution in [0.5, 0.6) is 5.75 Å². The largest absolute Gasteiger partial charge is 0.768 e. The molecule has 2 aliphatic heterocycles. The van der Waals surface area contributed by atoms with E-state index < -0.39 is 23.8 Å². The van der Waals surface area contributed by atoms with E-state index in [-0.39, 0.29) is 23.2 Å². The minimum absolute atomic E-state index is 0.0782. The van der Waals surface area contributed by atoms with Crippen LogP contribution in [0.1, 0.15) is 31.4 Å². The zero-order chi connectivity index (χ0) is 29.7. The third-order valence-corrected chi connectivity index (χ3v) is 8.47. The molecule has 0 amide bonds. The van der Waals surface area contributed by atoms with E-state index in [9.17, 15) is 21.9 Å². The van der Waals surface area contributed by atoms with Crippen molar-refractivity contribution in [3.8, 4) is 17.6 Å². The van der Waals surface area contributed by atoms with Gasteiger partial charge in [-0.05, 0) is 79.1 Å². The number of ether oxygens (including phenoxy) is 2. The van der Waals surface area contributed by atoms with Crippen LogP contribution in [-0.2, 0) is 22.4 Å². The molecule has 2 saturated heterocycles. The molecule has 0 saturated carbocycles. The number of piperidine rings is 1. The molecule has 2 aliphatic rings. The summed E-state index contributed by atoms with van der Waals surface area (Å²) in [6, 6.07) is 12.2. The van der Waals surface area contributed by atoms with Crippen LogP contribution < -0.4 is 15.4 Å². The molecule has 0 radical (unpaired) electrons. The molecule has 42 heavy (non-hydrogen) atoms. The Morgan fingerprint density at radius 2 is 1.86 bits per heavy atom. The van der Waals surface area contributed by atoms with E-state index >= 15 is 0 Å². The van der Waals surface area contributed by atoms with Gasteiger partial charge in [0.1, 0.15) is 12.3 Å². The first-order valence-electron chi connectivity index (χ1n) is 14.0. The zero-order valence-electron chi connectivity index (χ0n) is 23.3. The first-order valence-corrected chi connectivity index (χ1v) is 15.1. The summed E-state index contributed by atoms with van der Waals surface area (Å²) in [5.41, 5.74) is 2.06. The molecule has 2 fully saturated rings. The number of methoxy groups -OCH3 is 1. The normalized spacial score (nSPS) is 17.9. The van der Waals surface area contributed by atoms with Crippen molar-refractivity contribution in [2.75, 3.05) is 50.6 Å². The van der Waals surface area contributed by atoms with Gasteiger partial charge >= 0.3 is 6.18 Å². The molecule has 1 atom stereocenters. The lowest BCUT2D eigenvalue weighted by Crippen LogP contribution is -2.46. The van der Waals surface area contributed by atoms with Crippen LogP contribution in [0, 0.1) is 11.8 Å². The Bertz CT molecular complexity index is 1470. The topological polar surface area (TPSA) is 90.8 Å². The Morgan fingerprint density at radius 1 is 1.10 bits per heavy atom. The van der Waals surface area contributed by atoms with Gasteiger partial charge in [0.25, 0.3) is 0 Å². The number of rotatable bonds is 8. The Kier molecular flexibility index (Phi) is 9.63. The van der Waals surface area contributed by atoms with E-state index in [0.29, 0.717) is 28.4 Å². The third-order valence-electron chi connectivity index (χ3n) is 7.83. The molecular weight excluding hydrogens is 569 g/mol. The molecule has 0 bridgehead atoms. The Balaban J connectivity index is 1.32. The van der Waals surface area contributed by atoms with Crippen LogP contribution in [0.25, 0.3) is 10.9 Å². The molecule has 1 aromatic heterocycles. The number of fused-ring (bicyclic) bond motifs is 1. The first kappa shape index (κ1) is 30.2. The van der Waals surface area contributed by atoms with Gasteiger partial charge in [0.15, 0.2) is 0 Å². The number of likely N-dealkylation sites (tertiary alicyclic amines) is 1. The molecule has 12 heteroatoms. The maximum atomic E-state index is 13.6. The highest BCUT2D eigenvalue weighted by atomic mass is 32.2. The molecule has 0 spiro atoms. The lowest BCUT2D eigenvalue weighted by Gasteiger charge is -2.39. The summed E-state index contributed by atoms with van der Waals surface area (Å²) in [4.78, 5) is 2.62. The molecule has 2 N–H and O–H groups in total. The van der Waals surface area contributed by atoms with Gasteiger partial charge in [-0.25, -0.2) is 0 Å². The second-order valence-corrected chi connectivity index (χ2v) is 11.5. The fourth-order valence-corrected chi connectivity index (χ4v) is 6.12. The second kappa shape index (κ2) is 13.4. The molecule has 1 unspecified atom stereocenters. The van der Waals surface area contributed by atoms with Crippen LogP contribution in [0.4, 0.5) is 24.5 Å². The number of nitrogens with zero attached hydrogens (tertiary/aromatic N) is 2. The summed E-state index contributed by atoms with van der Waals surface area (Å²) in [5, 5.41) is 7.34. The van der Waals surface area contributed by atoms with Gasteiger partial charge in [-0.1, -0.05) is 12.0 Å². The van der Waals surface area contributed by atoms with Gasteiger partial charge in [-0.3, -0.25) is 4.21 Å². The van der Waals surface area contributed by atoms with E-state index in [4.69, 9.17) is 9.47 Å². The van der Waals surface area contributed by atoms with Gasteiger partial charge in [0, 0.05) is 54.4 Å². The van der Waals surface area contributed by atoms with Crippen molar-refractivity contribution in [1.82, 2.24) is 9.47 Å². The van der Waals surface area contributed by atoms with Gasteiger partial charge < -0.3 is 34.1 Å². The number of benzene rings is 2. The van der Waals surface area contributed by atoms with Gasteiger partial charge in [-0.2, -0.15) is 13.2 Å². The number of halogens is 3. The molecule has 3 aromatic rings. The van der Waals surface area contributed by atoms with Crippen molar-refractivity contribution in [3.63, 3.8) is 0 Å². The standard InChI is InChI=1S/C30H35F3N4O4S/c1-40-29-19-24(42(38)39)7-8-27(29)34-13-3-4-23-18-25-26(5-2-6-28(25)37(23)20-30(31,32)33)35-21-9-14-36(15-10-21)22-11-16-41-17-12-22/h2,5-8,18-19,21-22,34-35H,9-17,20H2,1H3,(H,38,39)/p-1. The maximum Gasteiger partial charge on any atom is 0.406 e. The fourth-order valence-electron chi connectivity index (χ4n) is 5.74. The van der Waals surface area contributed by atoms with Crippen molar-refractivity contribution in [2.24, 2.45) is 0 Å². The number of hydrogen-bond acceptors (Lipinski definition) is 7. The van der Waals surface area contributed by atoms with Crippen LogP contribution in [-0.4, -0.2) is 76.4 Å². The summed E-state index contributed by atoms with van der Waals surface area (Å²) in [6.45, 7) is 2.56. The van der Waals surface area contributed by atoms with Gasteiger partial charge in [0.05, 0.1) is 30.6 Å². The number of aromatic nitrogens is 1. The highest BCUT2D eigenvalue weighted by Crippen LogP contribution is 2.32. The minimum Gasteiger partial charge on any atom is -0.768 e. The number of anilines is 2. The van der Waals surface area contributed by atoms with Gasteiger partial charge in [0.2, 0.25) is 0 Å². The van der Waals surface area contributed by atoms with Crippen molar-refractivity contribution >= 4 is 33.4 Å². The Hall–Kier alpha value is -3.24. The summed E-state index contributed by atoms with van der Waals surface area (Å²) < 4.78 is 75.2.